The van der Waals surface area contributed by atoms with Gasteiger partial charge in [-0.25, -0.2) is 0 Å². The van der Waals surface area contributed by atoms with Gasteiger partial charge in [-0.05, 0) is 109 Å². The quantitative estimate of drug-likeness (QED) is 0.162. The molecule has 15 aromatic rings. The predicted molar refractivity (Wildman–Crippen MR) is 268 cm³/mol. The summed E-state index contributed by atoms with van der Waals surface area (Å²) in [6.07, 6.45) is 7.23. The molecular weight excluding hydrogens is 833 g/mol. The zero-order valence-corrected chi connectivity index (χ0v) is 35.3. The van der Waals surface area contributed by atoms with Crippen LogP contribution < -0.4 is 9.80 Å². The number of furan rings is 5. The number of rotatable bonds is 6. The molecule has 0 aliphatic carbocycles. The first-order chi connectivity index (χ1) is 33.1. The van der Waals surface area contributed by atoms with E-state index < -0.39 is 0 Å². The topological polar surface area (TPSA) is 98.0 Å². The highest BCUT2D eigenvalue weighted by atomic mass is 16.3. The third-order valence-electron chi connectivity index (χ3n) is 13.2. The molecule has 15 rings (SSSR count). The molecule has 0 amide bonds. The first-order valence-electron chi connectivity index (χ1n) is 22.1. The highest BCUT2D eigenvalue weighted by Crippen LogP contribution is 2.45. The van der Waals surface area contributed by atoms with Crippen LogP contribution >= 0.6 is 0 Å². The fraction of sp³-hybridized carbons (Fsp3) is 0. The molecule has 0 atom stereocenters. The smallest absolute Gasteiger partial charge is 0.137 e. The number of pyridine rings is 2. The summed E-state index contributed by atoms with van der Waals surface area (Å²) in [5.41, 5.74) is 13.7. The third kappa shape index (κ3) is 5.42. The lowest BCUT2D eigenvalue weighted by Crippen LogP contribution is -2.09. The van der Waals surface area contributed by atoms with Crippen LogP contribution in [0.25, 0.3) is 110 Å². The van der Waals surface area contributed by atoms with Crippen molar-refractivity contribution in [3.8, 4) is 0 Å². The van der Waals surface area contributed by atoms with Crippen molar-refractivity contribution in [2.75, 3.05) is 9.80 Å². The lowest BCUT2D eigenvalue weighted by molar-refractivity contribution is 0.662. The van der Waals surface area contributed by atoms with E-state index in [1.54, 1.807) is 24.8 Å². The standard InChI is InChI=1S/C58H32N4O5/c1-3-7-49-39(5-1)41-13-9-35(25-51(41)63-49)61(33-17-21-59-22-18-33)37-11-15-43-45-29-57-47(31-55(45)65-53(43)27-37)48-32-56-46(30-58(48)67-57)44-16-12-38(28-54(44)66-56)62(34-19-23-60-24-20-34)36-10-14-42-40-6-2-4-8-50(40)64-52(42)26-36/h1-32H. The zero-order chi connectivity index (χ0) is 43.7. The number of fused-ring (bicyclic) bond motifs is 15. The molecule has 9 heteroatoms. The molecule has 0 saturated heterocycles. The van der Waals surface area contributed by atoms with Gasteiger partial charge in [0.15, 0.2) is 0 Å². The zero-order valence-electron chi connectivity index (χ0n) is 35.3. The number of hydrogen-bond acceptors (Lipinski definition) is 9. The van der Waals surface area contributed by atoms with Crippen LogP contribution in [0, 0.1) is 0 Å². The van der Waals surface area contributed by atoms with Crippen molar-refractivity contribution in [1.29, 1.82) is 0 Å². The van der Waals surface area contributed by atoms with Gasteiger partial charge in [-0.1, -0.05) is 36.4 Å². The van der Waals surface area contributed by atoms with Gasteiger partial charge in [-0.15, -0.1) is 0 Å². The molecule has 0 aliphatic heterocycles. The van der Waals surface area contributed by atoms with Gasteiger partial charge in [0.25, 0.3) is 0 Å². The largest absolute Gasteiger partial charge is 0.456 e. The van der Waals surface area contributed by atoms with Gasteiger partial charge in [0.1, 0.15) is 55.8 Å². The highest BCUT2D eigenvalue weighted by Gasteiger charge is 2.22. The van der Waals surface area contributed by atoms with Gasteiger partial charge in [0.2, 0.25) is 0 Å². The van der Waals surface area contributed by atoms with Gasteiger partial charge < -0.3 is 31.9 Å². The van der Waals surface area contributed by atoms with Gasteiger partial charge in [0, 0.05) is 137 Å². The second-order valence-electron chi connectivity index (χ2n) is 17.0. The molecule has 9 nitrogen and oxygen atoms in total. The number of aromatic nitrogens is 2. The Kier molecular flexibility index (Phi) is 7.31. The Balaban J connectivity index is 0.823. The highest BCUT2D eigenvalue weighted by molar-refractivity contribution is 6.19. The predicted octanol–water partition coefficient (Wildman–Crippen LogP) is 16.9. The summed E-state index contributed by atoms with van der Waals surface area (Å²) in [5.74, 6) is 0. The van der Waals surface area contributed by atoms with Gasteiger partial charge in [-0.2, -0.15) is 0 Å². The Labute approximate surface area is 378 Å². The molecule has 0 saturated carbocycles. The number of anilines is 6. The Hall–Kier alpha value is -9.34. The number of hydrogen-bond donors (Lipinski definition) is 0. The van der Waals surface area contributed by atoms with Gasteiger partial charge >= 0.3 is 0 Å². The third-order valence-corrected chi connectivity index (χ3v) is 13.2. The first kappa shape index (κ1) is 36.0. The molecular formula is C58H32N4O5. The summed E-state index contributed by atoms with van der Waals surface area (Å²) in [7, 11) is 0. The molecule has 7 heterocycles. The van der Waals surface area contributed by atoms with E-state index in [1.165, 1.54) is 0 Å². The Morgan fingerprint density at radius 1 is 0.224 bits per heavy atom. The summed E-state index contributed by atoms with van der Waals surface area (Å²) in [6.45, 7) is 0. The SMILES string of the molecule is c1ccc2c(c1)oc1cc(N(c3ccncc3)c3ccc4c(c3)oc3cc5c(cc34)oc3cc4c(cc35)oc3cc(N(c5ccncc5)c5ccc6c(c5)oc5ccccc56)ccc34)ccc12. The van der Waals surface area contributed by atoms with Crippen LogP contribution in [-0.4, -0.2) is 9.97 Å². The van der Waals surface area contributed by atoms with Crippen molar-refractivity contribution in [2.24, 2.45) is 0 Å². The molecule has 8 aromatic carbocycles. The fourth-order valence-corrected chi connectivity index (χ4v) is 10.2. The minimum absolute atomic E-state index is 0.766. The summed E-state index contributed by atoms with van der Waals surface area (Å²) in [5, 5.41) is 10.2. The van der Waals surface area contributed by atoms with Crippen LogP contribution in [0.3, 0.4) is 0 Å². The van der Waals surface area contributed by atoms with Crippen LogP contribution in [-0.2, 0) is 0 Å². The molecule has 314 valence electrons. The van der Waals surface area contributed by atoms with Crippen LogP contribution in [0.1, 0.15) is 0 Å². The van der Waals surface area contributed by atoms with E-state index in [-0.39, 0.29) is 0 Å². The van der Waals surface area contributed by atoms with Crippen molar-refractivity contribution >= 4 is 144 Å². The number of nitrogens with zero attached hydrogens (tertiary/aromatic N) is 4. The van der Waals surface area contributed by atoms with E-state index in [4.69, 9.17) is 22.1 Å². The minimum Gasteiger partial charge on any atom is -0.456 e. The van der Waals surface area contributed by atoms with Crippen molar-refractivity contribution in [3.05, 3.63) is 195 Å². The first-order valence-corrected chi connectivity index (χ1v) is 22.1. The molecule has 0 unspecified atom stereocenters. The molecule has 0 spiro atoms. The van der Waals surface area contributed by atoms with Crippen molar-refractivity contribution in [2.45, 2.75) is 0 Å². The summed E-state index contributed by atoms with van der Waals surface area (Å²) in [4.78, 5) is 13.0. The molecule has 0 bridgehead atoms. The van der Waals surface area contributed by atoms with Crippen LogP contribution in [0.15, 0.2) is 217 Å². The Morgan fingerprint density at radius 2 is 0.493 bits per heavy atom. The number of para-hydroxylation sites is 2. The maximum atomic E-state index is 6.70. The fourth-order valence-electron chi connectivity index (χ4n) is 10.2. The van der Waals surface area contributed by atoms with E-state index in [0.717, 1.165) is 144 Å². The lowest BCUT2D eigenvalue weighted by Gasteiger charge is -2.25. The molecule has 7 aromatic heterocycles. The molecule has 67 heavy (non-hydrogen) atoms. The Bertz CT molecular complexity index is 4200. The van der Waals surface area contributed by atoms with Gasteiger partial charge in [-0.3, -0.25) is 9.97 Å². The summed E-state index contributed by atoms with van der Waals surface area (Å²) >= 11 is 0. The van der Waals surface area contributed by atoms with Crippen LogP contribution in [0.2, 0.25) is 0 Å². The molecule has 0 radical (unpaired) electrons. The average molecular weight is 865 g/mol. The lowest BCUT2D eigenvalue weighted by atomic mass is 10.1. The second-order valence-corrected chi connectivity index (χ2v) is 17.0. The van der Waals surface area contributed by atoms with Crippen molar-refractivity contribution < 1.29 is 22.1 Å². The van der Waals surface area contributed by atoms with E-state index in [1.807, 2.05) is 60.7 Å². The maximum absolute atomic E-state index is 6.70. The molecule has 0 fully saturated rings. The van der Waals surface area contributed by atoms with Crippen molar-refractivity contribution in [3.63, 3.8) is 0 Å². The van der Waals surface area contributed by atoms with E-state index in [2.05, 4.69) is 129 Å². The maximum Gasteiger partial charge on any atom is 0.137 e. The Morgan fingerprint density at radius 3 is 0.851 bits per heavy atom. The van der Waals surface area contributed by atoms with Crippen LogP contribution in [0.4, 0.5) is 34.1 Å². The summed E-state index contributed by atoms with van der Waals surface area (Å²) in [6, 6.07) is 58.0. The monoisotopic (exact) mass is 864 g/mol. The minimum atomic E-state index is 0.766. The van der Waals surface area contributed by atoms with E-state index in [0.29, 0.717) is 0 Å². The molecule has 0 aliphatic rings. The van der Waals surface area contributed by atoms with E-state index >= 15 is 0 Å². The van der Waals surface area contributed by atoms with E-state index in [9.17, 15) is 0 Å². The molecule has 0 N–H and O–H groups in total. The second kappa shape index (κ2) is 13.6. The average Bonchev–Trinajstić information content (AvgIpc) is 4.19. The normalized spacial score (nSPS) is 12.2. The van der Waals surface area contributed by atoms with Gasteiger partial charge in [0.05, 0.1) is 0 Å². The van der Waals surface area contributed by atoms with Crippen molar-refractivity contribution in [1.82, 2.24) is 9.97 Å². The summed E-state index contributed by atoms with van der Waals surface area (Å²) < 4.78 is 32.7. The number of benzene rings is 8. The van der Waals surface area contributed by atoms with Crippen LogP contribution in [0.5, 0.6) is 0 Å².